The number of nitrogens with zero attached hydrogens (tertiary/aromatic N) is 5. The van der Waals surface area contributed by atoms with E-state index in [1.807, 2.05) is 0 Å². The Kier molecular flexibility index (Phi) is 6.84. The van der Waals surface area contributed by atoms with Crippen LogP contribution in [-0.2, 0) is 0 Å². The molecule has 1 aromatic heterocycles. The summed E-state index contributed by atoms with van der Waals surface area (Å²) in [6.07, 6.45) is 4.83. The Bertz CT molecular complexity index is 1140. The molecule has 1 aliphatic heterocycles. The maximum Gasteiger partial charge on any atom is 0.271 e. The lowest BCUT2D eigenvalue weighted by molar-refractivity contribution is -0.527. The van der Waals surface area contributed by atoms with Crippen molar-refractivity contribution in [1.82, 2.24) is 14.0 Å². The number of nitro groups is 2. The molecule has 0 radical (unpaired) electrons. The monoisotopic (exact) mass is 463 g/mol. The summed E-state index contributed by atoms with van der Waals surface area (Å²) in [4.78, 5) is 50.0. The van der Waals surface area contributed by atoms with E-state index in [2.05, 4.69) is 0 Å². The van der Waals surface area contributed by atoms with E-state index in [0.29, 0.717) is 13.1 Å². The first-order chi connectivity index (χ1) is 15.0. The highest BCUT2D eigenvalue weighted by Crippen LogP contribution is 2.29. The van der Waals surface area contributed by atoms with Crippen LogP contribution >= 0.6 is 12.2 Å². The summed E-state index contributed by atoms with van der Waals surface area (Å²) in [6.45, 7) is 6.01. The quantitative estimate of drug-likeness (QED) is 0.369. The van der Waals surface area contributed by atoms with Crippen molar-refractivity contribution >= 4 is 18.1 Å². The molecule has 2 aliphatic rings. The molecule has 11 nitrogen and oxygen atoms in total. The van der Waals surface area contributed by atoms with Crippen LogP contribution < -0.4 is 5.56 Å². The minimum absolute atomic E-state index is 0.0669. The van der Waals surface area contributed by atoms with Crippen LogP contribution in [0.15, 0.2) is 34.3 Å². The fourth-order valence-corrected chi connectivity index (χ4v) is 4.86. The van der Waals surface area contributed by atoms with Crippen molar-refractivity contribution in [3.05, 3.63) is 70.5 Å². The Morgan fingerprint density at radius 2 is 1.81 bits per heavy atom. The van der Waals surface area contributed by atoms with Gasteiger partial charge in [-0.15, -0.1) is 0 Å². The first-order valence-corrected chi connectivity index (χ1v) is 10.8. The Balaban J connectivity index is 2.14. The molecule has 0 N–H and O–H groups in total. The molecule has 1 saturated heterocycles. The van der Waals surface area contributed by atoms with Crippen molar-refractivity contribution in [3.8, 4) is 0 Å². The number of piperidine rings is 1. The first-order valence-electron chi connectivity index (χ1n) is 10.4. The maximum atomic E-state index is 13.4. The minimum atomic E-state index is -1.46. The highest BCUT2D eigenvalue weighted by atomic mass is 32.1. The molecular formula is C20H25N5O6S. The molecule has 1 fully saturated rings. The van der Waals surface area contributed by atoms with Crippen molar-refractivity contribution in [2.75, 3.05) is 13.1 Å². The summed E-state index contributed by atoms with van der Waals surface area (Å²) in [7, 11) is 0. The summed E-state index contributed by atoms with van der Waals surface area (Å²) in [5.74, 6) is -0.745. The van der Waals surface area contributed by atoms with Gasteiger partial charge in [0, 0.05) is 40.5 Å². The standard InChI is InChI=1S/C20H25N5O6S/c1-12(2)22-17(26)9-13(3)23(20(22)32)19(27)14-10-15(24(28)29)18(16(11-14)25(30)31)21-7-5-4-6-8-21/h9-12,15,18H,4-8H2,1-3H3. The highest BCUT2D eigenvalue weighted by molar-refractivity contribution is 7.71. The van der Waals surface area contributed by atoms with Crippen LogP contribution in [0.1, 0.15) is 49.6 Å². The lowest BCUT2D eigenvalue weighted by Crippen LogP contribution is -2.52. The van der Waals surface area contributed by atoms with Crippen molar-refractivity contribution in [2.45, 2.75) is 58.2 Å². The normalized spacial score (nSPS) is 21.8. The molecule has 0 saturated carbocycles. The molecule has 0 bridgehead atoms. The highest BCUT2D eigenvalue weighted by Gasteiger charge is 2.47. The molecule has 0 spiro atoms. The van der Waals surface area contributed by atoms with Crippen LogP contribution in [0.2, 0.25) is 0 Å². The molecule has 2 unspecified atom stereocenters. The summed E-state index contributed by atoms with van der Waals surface area (Å²) in [5.41, 5.74) is -0.714. The van der Waals surface area contributed by atoms with E-state index < -0.39 is 27.8 Å². The van der Waals surface area contributed by atoms with E-state index >= 15 is 0 Å². The maximum absolute atomic E-state index is 13.4. The average molecular weight is 464 g/mol. The van der Waals surface area contributed by atoms with Crippen molar-refractivity contribution in [1.29, 1.82) is 0 Å². The third-order valence-corrected chi connectivity index (χ3v) is 6.18. The van der Waals surface area contributed by atoms with Gasteiger partial charge in [0.25, 0.3) is 23.2 Å². The molecule has 3 rings (SSSR count). The number of hydrogen-bond acceptors (Lipinski definition) is 8. The van der Waals surface area contributed by atoms with Gasteiger partial charge in [0.2, 0.25) is 0 Å². The molecular weight excluding hydrogens is 438 g/mol. The second-order valence-corrected chi connectivity index (χ2v) is 8.64. The smallest absolute Gasteiger partial charge is 0.271 e. The van der Waals surface area contributed by atoms with Gasteiger partial charge in [0.05, 0.1) is 4.92 Å². The topological polar surface area (TPSA) is 134 Å². The fraction of sp³-hybridized carbons (Fsp3) is 0.550. The van der Waals surface area contributed by atoms with E-state index in [9.17, 15) is 29.8 Å². The number of hydrogen-bond donors (Lipinski definition) is 0. The zero-order chi connectivity index (χ0) is 23.7. The van der Waals surface area contributed by atoms with Gasteiger partial charge in [0.15, 0.2) is 10.8 Å². The molecule has 2 atom stereocenters. The van der Waals surface area contributed by atoms with Crippen LogP contribution in [0.3, 0.4) is 0 Å². The van der Waals surface area contributed by atoms with Gasteiger partial charge >= 0.3 is 0 Å². The second kappa shape index (κ2) is 9.25. The zero-order valence-electron chi connectivity index (χ0n) is 18.1. The summed E-state index contributed by atoms with van der Waals surface area (Å²) >= 11 is 5.36. The van der Waals surface area contributed by atoms with E-state index in [0.717, 1.165) is 29.9 Å². The molecule has 0 amide bonds. The molecule has 0 aromatic carbocycles. The molecule has 172 valence electrons. The lowest BCUT2D eigenvalue weighted by Gasteiger charge is -2.34. The second-order valence-electron chi connectivity index (χ2n) is 8.28. The van der Waals surface area contributed by atoms with Gasteiger partial charge in [-0.2, -0.15) is 0 Å². The molecule has 2 heterocycles. The summed E-state index contributed by atoms with van der Waals surface area (Å²) in [6, 6.07) is -1.59. The predicted molar refractivity (Wildman–Crippen MR) is 118 cm³/mol. The predicted octanol–water partition coefficient (Wildman–Crippen LogP) is 2.51. The Hall–Kier alpha value is -2.99. The molecule has 1 aliphatic carbocycles. The minimum Gasteiger partial charge on any atom is -0.285 e. The third-order valence-electron chi connectivity index (χ3n) is 5.80. The van der Waals surface area contributed by atoms with Crippen LogP contribution in [0.4, 0.5) is 0 Å². The number of allylic oxidation sites excluding steroid dienone is 2. The van der Waals surface area contributed by atoms with Crippen molar-refractivity contribution < 1.29 is 14.6 Å². The number of aromatic nitrogens is 2. The molecule has 12 heteroatoms. The number of aryl methyl sites for hydroxylation is 1. The zero-order valence-corrected chi connectivity index (χ0v) is 18.9. The Labute approximate surface area is 188 Å². The molecule has 1 aromatic rings. The van der Waals surface area contributed by atoms with Crippen LogP contribution in [0, 0.1) is 31.9 Å². The summed E-state index contributed by atoms with van der Waals surface area (Å²) in [5, 5.41) is 23.8. The first kappa shape index (κ1) is 23.7. The van der Waals surface area contributed by atoms with Crippen LogP contribution in [0.25, 0.3) is 0 Å². The summed E-state index contributed by atoms with van der Waals surface area (Å²) < 4.78 is 2.28. The van der Waals surface area contributed by atoms with E-state index in [1.165, 1.54) is 23.6 Å². The van der Waals surface area contributed by atoms with Crippen LogP contribution in [-0.4, -0.2) is 55.0 Å². The van der Waals surface area contributed by atoms with E-state index in [4.69, 9.17) is 12.2 Å². The van der Waals surface area contributed by atoms with Crippen molar-refractivity contribution in [3.63, 3.8) is 0 Å². The van der Waals surface area contributed by atoms with Gasteiger partial charge in [-0.05, 0) is 58.9 Å². The van der Waals surface area contributed by atoms with Gasteiger partial charge in [0.1, 0.15) is 0 Å². The van der Waals surface area contributed by atoms with Gasteiger partial charge in [-0.1, -0.05) is 6.42 Å². The van der Waals surface area contributed by atoms with E-state index in [1.54, 1.807) is 18.7 Å². The number of carbonyl (C=O) groups excluding carboxylic acids is 1. The van der Waals surface area contributed by atoms with Crippen molar-refractivity contribution in [2.24, 2.45) is 0 Å². The fourth-order valence-electron chi connectivity index (χ4n) is 4.33. The largest absolute Gasteiger partial charge is 0.285 e. The number of rotatable bonds is 5. The van der Waals surface area contributed by atoms with Gasteiger partial charge in [-0.25, -0.2) is 0 Å². The van der Waals surface area contributed by atoms with E-state index in [-0.39, 0.29) is 33.3 Å². The lowest BCUT2D eigenvalue weighted by atomic mass is 9.92. The third kappa shape index (κ3) is 4.32. The SMILES string of the molecule is Cc1cc(=O)n(C(C)C)c(=S)n1C(=O)C1=CC([N+](=O)[O-])C(N2CCCCC2)C([N+](=O)[O-])=C1. The number of carbonyl (C=O) groups is 1. The Morgan fingerprint density at radius 1 is 1.19 bits per heavy atom. The van der Waals surface area contributed by atoms with Gasteiger partial charge < -0.3 is 0 Å². The molecule has 32 heavy (non-hydrogen) atoms. The number of likely N-dealkylation sites (tertiary alicyclic amines) is 1. The Morgan fingerprint density at radius 3 is 2.34 bits per heavy atom. The average Bonchev–Trinajstić information content (AvgIpc) is 2.72. The van der Waals surface area contributed by atoms with Gasteiger partial charge in [-0.3, -0.25) is 43.9 Å². The van der Waals surface area contributed by atoms with Crippen LogP contribution in [0.5, 0.6) is 0 Å².